The first kappa shape index (κ1) is 17.2. The molecule has 0 radical (unpaired) electrons. The lowest BCUT2D eigenvalue weighted by Crippen LogP contribution is -2.47. The van der Waals surface area contributed by atoms with Gasteiger partial charge in [-0.25, -0.2) is 5.43 Å². The third-order valence-corrected chi connectivity index (χ3v) is 6.09. The van der Waals surface area contributed by atoms with Crippen LogP contribution in [0, 0.1) is 5.92 Å². The summed E-state index contributed by atoms with van der Waals surface area (Å²) in [4.78, 5) is 14.9. The van der Waals surface area contributed by atoms with Gasteiger partial charge in [-0.2, -0.15) is 0 Å². The SMILES string of the molecule is O=C(c1ccccc1O)N1CCC2NNC(c3cccc4ccccc34)C2C1. The summed E-state index contributed by atoms with van der Waals surface area (Å²) < 4.78 is 0. The number of hydrogen-bond acceptors (Lipinski definition) is 4. The summed E-state index contributed by atoms with van der Waals surface area (Å²) in [5, 5.41) is 12.5. The van der Waals surface area contributed by atoms with Crippen LogP contribution in [-0.2, 0) is 0 Å². The first-order chi connectivity index (χ1) is 13.7. The minimum atomic E-state index is -0.0971. The Balaban J connectivity index is 1.44. The third kappa shape index (κ3) is 2.84. The van der Waals surface area contributed by atoms with Crippen LogP contribution in [0.15, 0.2) is 66.7 Å². The Bertz CT molecular complexity index is 1030. The molecule has 2 aliphatic rings. The van der Waals surface area contributed by atoms with Crippen molar-refractivity contribution in [1.82, 2.24) is 15.8 Å². The highest BCUT2D eigenvalue weighted by Gasteiger charge is 2.42. The van der Waals surface area contributed by atoms with E-state index in [2.05, 4.69) is 53.3 Å². The highest BCUT2D eigenvalue weighted by Crippen LogP contribution is 2.37. The van der Waals surface area contributed by atoms with Gasteiger partial charge in [0, 0.05) is 25.0 Å². The number of benzene rings is 3. The number of hydrogen-bond donors (Lipinski definition) is 3. The third-order valence-electron chi connectivity index (χ3n) is 6.09. The zero-order chi connectivity index (χ0) is 19.1. The fourth-order valence-corrected chi connectivity index (χ4v) is 4.64. The molecule has 2 fully saturated rings. The predicted molar refractivity (Wildman–Crippen MR) is 109 cm³/mol. The van der Waals surface area contributed by atoms with Crippen molar-refractivity contribution in [2.45, 2.75) is 18.5 Å². The number of likely N-dealkylation sites (tertiary alicyclic amines) is 1. The number of piperidine rings is 1. The minimum Gasteiger partial charge on any atom is -0.507 e. The van der Waals surface area contributed by atoms with Crippen LogP contribution >= 0.6 is 0 Å². The number of carbonyl (C=O) groups excluding carboxylic acids is 1. The minimum absolute atomic E-state index is 0.0444. The number of carbonyl (C=O) groups is 1. The van der Waals surface area contributed by atoms with E-state index in [1.807, 2.05) is 4.90 Å². The molecule has 3 aromatic rings. The van der Waals surface area contributed by atoms with Gasteiger partial charge in [0.25, 0.3) is 5.91 Å². The fraction of sp³-hybridized carbons (Fsp3) is 0.261. The summed E-state index contributed by atoms with van der Waals surface area (Å²) in [6.45, 7) is 1.34. The molecule has 0 aromatic heterocycles. The van der Waals surface area contributed by atoms with Crippen molar-refractivity contribution >= 4 is 16.7 Å². The van der Waals surface area contributed by atoms with Crippen LogP contribution in [0.3, 0.4) is 0 Å². The Kier molecular flexibility index (Phi) is 4.26. The molecule has 142 valence electrons. The number of phenols is 1. The Hall–Kier alpha value is -2.89. The topological polar surface area (TPSA) is 64.6 Å². The molecular weight excluding hydrogens is 350 g/mol. The van der Waals surface area contributed by atoms with Gasteiger partial charge in [0.1, 0.15) is 5.75 Å². The number of hydrazine groups is 1. The van der Waals surface area contributed by atoms with Crippen LogP contribution in [0.2, 0.25) is 0 Å². The zero-order valence-electron chi connectivity index (χ0n) is 15.5. The van der Waals surface area contributed by atoms with Gasteiger partial charge in [0.05, 0.1) is 11.6 Å². The second-order valence-corrected chi connectivity index (χ2v) is 7.66. The van der Waals surface area contributed by atoms with Crippen molar-refractivity contribution in [3.8, 4) is 5.75 Å². The molecule has 1 amide bonds. The van der Waals surface area contributed by atoms with E-state index >= 15 is 0 Å². The van der Waals surface area contributed by atoms with Gasteiger partial charge in [0.2, 0.25) is 0 Å². The van der Waals surface area contributed by atoms with Crippen molar-refractivity contribution in [2.24, 2.45) is 5.92 Å². The van der Waals surface area contributed by atoms with Crippen LogP contribution in [-0.4, -0.2) is 35.0 Å². The van der Waals surface area contributed by atoms with Gasteiger partial charge in [-0.1, -0.05) is 54.6 Å². The second kappa shape index (κ2) is 6.93. The summed E-state index contributed by atoms with van der Waals surface area (Å²) in [7, 11) is 0. The average Bonchev–Trinajstić information content (AvgIpc) is 3.16. The molecule has 28 heavy (non-hydrogen) atoms. The van der Waals surface area contributed by atoms with Crippen LogP contribution in [0.4, 0.5) is 0 Å². The van der Waals surface area contributed by atoms with Gasteiger partial charge in [-0.05, 0) is 34.9 Å². The molecule has 0 bridgehead atoms. The maximum Gasteiger partial charge on any atom is 0.257 e. The summed E-state index contributed by atoms with van der Waals surface area (Å²) in [5.41, 5.74) is 8.56. The molecule has 2 aliphatic heterocycles. The van der Waals surface area contributed by atoms with E-state index in [1.54, 1.807) is 24.3 Å². The number of aromatic hydroxyl groups is 1. The van der Waals surface area contributed by atoms with Crippen molar-refractivity contribution in [3.05, 3.63) is 77.9 Å². The molecule has 3 N–H and O–H groups in total. The molecular formula is C23H23N3O2. The Morgan fingerprint density at radius 1 is 0.964 bits per heavy atom. The van der Waals surface area contributed by atoms with Gasteiger partial charge >= 0.3 is 0 Å². The predicted octanol–water partition coefficient (Wildman–Crippen LogP) is 3.23. The lowest BCUT2D eigenvalue weighted by molar-refractivity contribution is 0.0650. The number of fused-ring (bicyclic) bond motifs is 2. The number of amides is 1. The van der Waals surface area contributed by atoms with Gasteiger partial charge in [-0.15, -0.1) is 0 Å². The van der Waals surface area contributed by atoms with Crippen LogP contribution < -0.4 is 10.9 Å². The molecule has 3 unspecified atom stereocenters. The number of nitrogens with zero attached hydrogens (tertiary/aromatic N) is 1. The number of phenolic OH excluding ortho intramolecular Hbond substituents is 1. The Morgan fingerprint density at radius 2 is 1.75 bits per heavy atom. The summed E-state index contributed by atoms with van der Waals surface area (Å²) >= 11 is 0. The Morgan fingerprint density at radius 3 is 2.64 bits per heavy atom. The fourth-order valence-electron chi connectivity index (χ4n) is 4.64. The first-order valence-electron chi connectivity index (χ1n) is 9.78. The van der Waals surface area contributed by atoms with E-state index in [1.165, 1.54) is 16.3 Å². The van der Waals surface area contributed by atoms with E-state index < -0.39 is 0 Å². The van der Waals surface area contributed by atoms with Crippen molar-refractivity contribution in [1.29, 1.82) is 0 Å². The quantitative estimate of drug-likeness (QED) is 0.645. The van der Waals surface area contributed by atoms with Crippen LogP contribution in [0.5, 0.6) is 5.75 Å². The van der Waals surface area contributed by atoms with Crippen LogP contribution in [0.25, 0.3) is 10.8 Å². The maximum absolute atomic E-state index is 13.0. The van der Waals surface area contributed by atoms with Crippen molar-refractivity contribution in [3.63, 3.8) is 0 Å². The van der Waals surface area contributed by atoms with E-state index in [0.29, 0.717) is 24.7 Å². The van der Waals surface area contributed by atoms with Crippen molar-refractivity contribution < 1.29 is 9.90 Å². The molecule has 0 spiro atoms. The highest BCUT2D eigenvalue weighted by molar-refractivity contribution is 5.97. The normalized spacial score (nSPS) is 24.3. The average molecular weight is 373 g/mol. The molecule has 0 aliphatic carbocycles. The maximum atomic E-state index is 13.0. The van der Waals surface area contributed by atoms with Gasteiger partial charge in [-0.3, -0.25) is 10.2 Å². The van der Waals surface area contributed by atoms with Gasteiger partial charge < -0.3 is 10.0 Å². The summed E-state index contributed by atoms with van der Waals surface area (Å²) in [6.07, 6.45) is 0.887. The molecule has 3 atom stereocenters. The summed E-state index contributed by atoms with van der Waals surface area (Å²) in [6, 6.07) is 22.1. The number of rotatable bonds is 2. The second-order valence-electron chi connectivity index (χ2n) is 7.66. The standard InChI is InChI=1S/C23H23N3O2/c27-21-11-4-3-9-18(21)23(28)26-13-12-20-19(14-26)22(25-24-20)17-10-5-7-15-6-1-2-8-16(15)17/h1-11,19-20,22,24-25,27H,12-14H2. The van der Waals surface area contributed by atoms with E-state index in [4.69, 9.17) is 0 Å². The molecule has 5 nitrogen and oxygen atoms in total. The highest BCUT2D eigenvalue weighted by atomic mass is 16.3. The lowest BCUT2D eigenvalue weighted by Gasteiger charge is -2.36. The largest absolute Gasteiger partial charge is 0.507 e. The first-order valence-corrected chi connectivity index (χ1v) is 9.78. The monoisotopic (exact) mass is 373 g/mol. The van der Waals surface area contributed by atoms with E-state index in [0.717, 1.165) is 6.42 Å². The van der Waals surface area contributed by atoms with E-state index in [-0.39, 0.29) is 23.6 Å². The Labute approximate surface area is 163 Å². The smallest absolute Gasteiger partial charge is 0.257 e. The molecule has 3 aromatic carbocycles. The molecule has 2 heterocycles. The van der Waals surface area contributed by atoms with E-state index in [9.17, 15) is 9.90 Å². The number of nitrogens with one attached hydrogen (secondary N) is 2. The van der Waals surface area contributed by atoms with Gasteiger partial charge in [0.15, 0.2) is 0 Å². The number of para-hydroxylation sites is 1. The molecule has 2 saturated heterocycles. The summed E-state index contributed by atoms with van der Waals surface area (Å²) in [5.74, 6) is 0.220. The molecule has 5 heteroatoms. The lowest BCUT2D eigenvalue weighted by atomic mass is 9.83. The molecule has 5 rings (SSSR count). The van der Waals surface area contributed by atoms with Crippen LogP contribution in [0.1, 0.15) is 28.4 Å². The van der Waals surface area contributed by atoms with Crippen molar-refractivity contribution in [2.75, 3.05) is 13.1 Å². The zero-order valence-corrected chi connectivity index (χ0v) is 15.5. The molecule has 0 saturated carbocycles.